The molecule has 1 fully saturated rings. The molecule has 1 aliphatic rings. The zero-order valence-electron chi connectivity index (χ0n) is 15.5. The minimum Gasteiger partial charge on any atom is -0.383 e. The first-order chi connectivity index (χ1) is 12.0. The average Bonchev–Trinajstić information content (AvgIpc) is 3.07. The number of aromatic nitrogens is 4. The van der Waals surface area contributed by atoms with E-state index in [1.165, 1.54) is 0 Å². The SMILES string of the molecule is COCCn1c(CN(C)Cc2c(C)noc2C)nnc1C1CC(N)C1. The minimum atomic E-state index is 0.295. The van der Waals surface area contributed by atoms with Crippen LogP contribution in [0.15, 0.2) is 4.52 Å². The van der Waals surface area contributed by atoms with Crippen LogP contribution in [0.2, 0.25) is 0 Å². The van der Waals surface area contributed by atoms with Gasteiger partial charge in [-0.15, -0.1) is 10.2 Å². The van der Waals surface area contributed by atoms with Gasteiger partial charge in [-0.05, 0) is 33.7 Å². The van der Waals surface area contributed by atoms with E-state index in [-0.39, 0.29) is 0 Å². The quantitative estimate of drug-likeness (QED) is 0.769. The van der Waals surface area contributed by atoms with Gasteiger partial charge in [0.25, 0.3) is 0 Å². The van der Waals surface area contributed by atoms with Crippen LogP contribution < -0.4 is 5.73 Å². The molecular weight excluding hydrogens is 320 g/mol. The number of aryl methyl sites for hydroxylation is 2. The molecule has 0 aromatic carbocycles. The van der Waals surface area contributed by atoms with Crippen molar-refractivity contribution in [3.8, 4) is 0 Å². The van der Waals surface area contributed by atoms with Gasteiger partial charge < -0.3 is 19.6 Å². The van der Waals surface area contributed by atoms with Crippen molar-refractivity contribution in [1.29, 1.82) is 0 Å². The Morgan fingerprint density at radius 3 is 2.64 bits per heavy atom. The van der Waals surface area contributed by atoms with E-state index < -0.39 is 0 Å². The molecular formula is C17H28N6O2. The van der Waals surface area contributed by atoms with Gasteiger partial charge in [0.2, 0.25) is 0 Å². The van der Waals surface area contributed by atoms with E-state index in [4.69, 9.17) is 15.0 Å². The predicted molar refractivity (Wildman–Crippen MR) is 93.0 cm³/mol. The maximum atomic E-state index is 5.94. The number of rotatable bonds is 8. The zero-order valence-corrected chi connectivity index (χ0v) is 15.5. The number of hydrogen-bond donors (Lipinski definition) is 1. The fourth-order valence-electron chi connectivity index (χ4n) is 3.36. The van der Waals surface area contributed by atoms with Crippen LogP contribution in [0.1, 0.15) is 47.4 Å². The molecule has 2 heterocycles. The largest absolute Gasteiger partial charge is 0.383 e. The van der Waals surface area contributed by atoms with Gasteiger partial charge in [-0.2, -0.15) is 0 Å². The Bertz CT molecular complexity index is 685. The van der Waals surface area contributed by atoms with E-state index in [1.54, 1.807) is 7.11 Å². The third-order valence-electron chi connectivity index (χ3n) is 4.94. The molecule has 3 rings (SSSR count). The van der Waals surface area contributed by atoms with Gasteiger partial charge in [0.15, 0.2) is 0 Å². The van der Waals surface area contributed by atoms with Crippen molar-refractivity contribution in [3.05, 3.63) is 28.7 Å². The molecule has 25 heavy (non-hydrogen) atoms. The molecule has 0 bridgehead atoms. The molecule has 0 atom stereocenters. The smallest absolute Gasteiger partial charge is 0.147 e. The van der Waals surface area contributed by atoms with Crippen molar-refractivity contribution >= 4 is 0 Å². The van der Waals surface area contributed by atoms with Crippen LogP contribution in [0.3, 0.4) is 0 Å². The van der Waals surface area contributed by atoms with Gasteiger partial charge in [0, 0.05) is 37.7 Å². The molecule has 0 spiro atoms. The van der Waals surface area contributed by atoms with Gasteiger partial charge >= 0.3 is 0 Å². The monoisotopic (exact) mass is 348 g/mol. The molecule has 8 nitrogen and oxygen atoms in total. The third-order valence-corrected chi connectivity index (χ3v) is 4.94. The summed E-state index contributed by atoms with van der Waals surface area (Å²) in [5.74, 6) is 3.29. The number of nitrogens with zero attached hydrogens (tertiary/aromatic N) is 5. The molecule has 2 aromatic rings. The molecule has 0 amide bonds. The Morgan fingerprint density at radius 1 is 1.28 bits per heavy atom. The Labute approximate surface area is 148 Å². The predicted octanol–water partition coefficient (Wildman–Crippen LogP) is 1.37. The first-order valence-electron chi connectivity index (χ1n) is 8.76. The van der Waals surface area contributed by atoms with Crippen molar-refractivity contribution < 1.29 is 9.26 Å². The number of methoxy groups -OCH3 is 1. The van der Waals surface area contributed by atoms with Crippen LogP contribution in [0.4, 0.5) is 0 Å². The van der Waals surface area contributed by atoms with Crippen molar-refractivity contribution in [1.82, 2.24) is 24.8 Å². The zero-order chi connectivity index (χ0) is 18.0. The van der Waals surface area contributed by atoms with E-state index in [0.29, 0.717) is 25.1 Å². The lowest BCUT2D eigenvalue weighted by molar-refractivity contribution is 0.181. The average molecular weight is 348 g/mol. The number of hydrogen-bond acceptors (Lipinski definition) is 7. The van der Waals surface area contributed by atoms with Crippen molar-refractivity contribution in [2.24, 2.45) is 5.73 Å². The molecule has 0 aliphatic heterocycles. The number of nitrogens with two attached hydrogens (primary N) is 1. The summed E-state index contributed by atoms with van der Waals surface area (Å²) in [6.07, 6.45) is 1.97. The fraction of sp³-hybridized carbons (Fsp3) is 0.706. The summed E-state index contributed by atoms with van der Waals surface area (Å²) < 4.78 is 12.7. The van der Waals surface area contributed by atoms with E-state index in [1.807, 2.05) is 13.8 Å². The minimum absolute atomic E-state index is 0.295. The van der Waals surface area contributed by atoms with Crippen LogP contribution in [-0.4, -0.2) is 51.6 Å². The molecule has 138 valence electrons. The van der Waals surface area contributed by atoms with Crippen molar-refractivity contribution in [3.63, 3.8) is 0 Å². The highest BCUT2D eigenvalue weighted by atomic mass is 16.5. The molecule has 2 N–H and O–H groups in total. The van der Waals surface area contributed by atoms with Crippen LogP contribution >= 0.6 is 0 Å². The van der Waals surface area contributed by atoms with Gasteiger partial charge in [-0.3, -0.25) is 4.90 Å². The summed E-state index contributed by atoms with van der Waals surface area (Å²) in [7, 11) is 3.78. The van der Waals surface area contributed by atoms with Gasteiger partial charge in [0.05, 0.1) is 18.8 Å². The van der Waals surface area contributed by atoms with Crippen LogP contribution in [0.5, 0.6) is 0 Å². The molecule has 1 saturated carbocycles. The molecule has 2 aromatic heterocycles. The third kappa shape index (κ3) is 3.91. The Balaban J connectivity index is 1.72. The maximum Gasteiger partial charge on any atom is 0.147 e. The van der Waals surface area contributed by atoms with E-state index in [2.05, 4.69) is 31.9 Å². The highest BCUT2D eigenvalue weighted by Gasteiger charge is 2.32. The molecule has 8 heteroatoms. The fourth-order valence-corrected chi connectivity index (χ4v) is 3.36. The van der Waals surface area contributed by atoms with E-state index in [9.17, 15) is 0 Å². The normalized spacial score (nSPS) is 20.2. The Hall–Kier alpha value is -1.77. The van der Waals surface area contributed by atoms with Crippen LogP contribution in [-0.2, 0) is 24.4 Å². The second-order valence-corrected chi connectivity index (χ2v) is 7.02. The van der Waals surface area contributed by atoms with E-state index in [0.717, 1.165) is 54.6 Å². The molecule has 0 unspecified atom stereocenters. The second-order valence-electron chi connectivity index (χ2n) is 7.02. The Morgan fingerprint density at radius 2 is 2.04 bits per heavy atom. The highest BCUT2D eigenvalue weighted by molar-refractivity contribution is 5.20. The Kier molecular flexibility index (Phi) is 5.51. The van der Waals surface area contributed by atoms with Crippen molar-refractivity contribution in [2.75, 3.05) is 20.8 Å². The second kappa shape index (κ2) is 7.63. The summed E-state index contributed by atoms with van der Waals surface area (Å²) in [6.45, 7) is 6.80. The first kappa shape index (κ1) is 18.0. The van der Waals surface area contributed by atoms with Gasteiger partial charge in [-0.25, -0.2) is 0 Å². The highest BCUT2D eigenvalue weighted by Crippen LogP contribution is 2.35. The topological polar surface area (TPSA) is 95.2 Å². The van der Waals surface area contributed by atoms with Gasteiger partial charge in [0.1, 0.15) is 17.4 Å². The lowest BCUT2D eigenvalue weighted by atomic mass is 9.80. The summed E-state index contributed by atoms with van der Waals surface area (Å²) in [4.78, 5) is 2.20. The lowest BCUT2D eigenvalue weighted by Gasteiger charge is -2.32. The van der Waals surface area contributed by atoms with E-state index >= 15 is 0 Å². The summed E-state index contributed by atoms with van der Waals surface area (Å²) in [6, 6.07) is 0.295. The molecule has 0 radical (unpaired) electrons. The summed E-state index contributed by atoms with van der Waals surface area (Å²) in [5, 5.41) is 12.9. The van der Waals surface area contributed by atoms with Crippen LogP contribution in [0.25, 0.3) is 0 Å². The molecule has 0 saturated heterocycles. The standard InChI is InChI=1S/C17H28N6O2/c1-11-15(12(2)25-21-11)9-22(3)10-16-19-20-17(13-7-14(18)8-13)23(16)5-6-24-4/h13-14H,5-10,18H2,1-4H3. The first-order valence-corrected chi connectivity index (χ1v) is 8.76. The van der Waals surface area contributed by atoms with Crippen molar-refractivity contribution in [2.45, 2.75) is 58.3 Å². The summed E-state index contributed by atoms with van der Waals surface area (Å²) >= 11 is 0. The number of ether oxygens (including phenoxy) is 1. The summed E-state index contributed by atoms with van der Waals surface area (Å²) in [5.41, 5.74) is 8.02. The maximum absolute atomic E-state index is 5.94. The van der Waals surface area contributed by atoms with Gasteiger partial charge in [-0.1, -0.05) is 5.16 Å². The van der Waals surface area contributed by atoms with Crippen LogP contribution in [0, 0.1) is 13.8 Å². The molecule has 1 aliphatic carbocycles. The lowest BCUT2D eigenvalue weighted by Crippen LogP contribution is -2.36.